The van der Waals surface area contributed by atoms with Gasteiger partial charge in [0.1, 0.15) is 0 Å². The molecule has 0 unspecified atom stereocenters. The van der Waals surface area contributed by atoms with Crippen LogP contribution < -0.4 is 0 Å². The van der Waals surface area contributed by atoms with E-state index < -0.39 is 52.2 Å². The van der Waals surface area contributed by atoms with Gasteiger partial charge < -0.3 is 10.0 Å². The van der Waals surface area contributed by atoms with Crippen molar-refractivity contribution in [3.63, 3.8) is 0 Å². The summed E-state index contributed by atoms with van der Waals surface area (Å²) in [5, 5.41) is 14.2. The molecule has 12 heteroatoms. The molecule has 1 amide bonds. The molecule has 0 spiro atoms. The molecule has 222 valence electrons. The van der Waals surface area contributed by atoms with E-state index >= 15 is 0 Å². The monoisotopic (exact) mass is 612 g/mol. The van der Waals surface area contributed by atoms with Crippen molar-refractivity contribution in [1.82, 2.24) is 19.7 Å². The second kappa shape index (κ2) is 11.8. The summed E-state index contributed by atoms with van der Waals surface area (Å²) in [6.07, 6.45) is 5.10. The highest BCUT2D eigenvalue weighted by molar-refractivity contribution is 6.35. The Balaban J connectivity index is 1.72. The number of allylic oxidation sites excluding steroid dienone is 2. The number of nitrogens with zero attached hydrogens (tertiary/aromatic N) is 4. The molecule has 1 saturated carbocycles. The smallest absolute Gasteiger partial charge is 0.433 e. The lowest BCUT2D eigenvalue weighted by Gasteiger charge is -2.34. The van der Waals surface area contributed by atoms with E-state index in [4.69, 9.17) is 23.2 Å². The van der Waals surface area contributed by atoms with E-state index in [1.54, 1.807) is 19.1 Å². The van der Waals surface area contributed by atoms with E-state index in [9.17, 15) is 27.9 Å². The van der Waals surface area contributed by atoms with Gasteiger partial charge in [-0.2, -0.15) is 18.3 Å². The van der Waals surface area contributed by atoms with Crippen molar-refractivity contribution in [2.45, 2.75) is 76.6 Å². The van der Waals surface area contributed by atoms with Crippen molar-refractivity contribution in [3.8, 4) is 0 Å². The second-order valence-corrected chi connectivity index (χ2v) is 12.3. The van der Waals surface area contributed by atoms with E-state index in [2.05, 4.69) is 23.2 Å². The van der Waals surface area contributed by atoms with Crippen LogP contribution >= 0.6 is 23.2 Å². The number of pyridine rings is 1. The van der Waals surface area contributed by atoms with Crippen molar-refractivity contribution in [2.75, 3.05) is 6.54 Å². The number of carbonyl (C=O) groups excluding carboxylic acids is 1. The maximum absolute atomic E-state index is 14.6. The molecule has 0 radical (unpaired) electrons. The number of carbonyl (C=O) groups is 2. The summed E-state index contributed by atoms with van der Waals surface area (Å²) in [6, 6.07) is -1.18. The molecule has 2 fully saturated rings. The fourth-order valence-electron chi connectivity index (χ4n) is 6.38. The van der Waals surface area contributed by atoms with Crippen molar-refractivity contribution in [3.05, 3.63) is 70.8 Å². The SMILES string of the molecule is C=CCC1(CC=C)C[C@H](Cc2c(Cl)cncc2Cl)N(C(=O)c2cnn(C3CCC(C)(C(=O)O)CC3)c2C(F)(F)F)C1. The molecule has 2 aromatic rings. The standard InChI is InChI=1S/C29H33Cl2F3N4O3/c1-4-8-28(9-5-2)13-19(12-20-22(30)15-35-16-23(20)31)37(17-28)25(39)21-14-36-38(24(21)29(32,33)34)18-6-10-27(3,11-7-18)26(40)41/h4-5,14-16,18-19H,1-2,6-13,17H2,3H3,(H,40,41)/t18?,19-,27?/m0/s1. The number of likely N-dealkylation sites (tertiary alicyclic amines) is 1. The van der Waals surface area contributed by atoms with Gasteiger partial charge >= 0.3 is 12.1 Å². The van der Waals surface area contributed by atoms with Crippen molar-refractivity contribution in [2.24, 2.45) is 10.8 Å². The third-order valence-corrected chi connectivity index (χ3v) is 9.29. The molecule has 3 heterocycles. The number of halogens is 5. The molecular weight excluding hydrogens is 580 g/mol. The van der Waals surface area contributed by atoms with E-state index in [0.29, 0.717) is 34.9 Å². The number of hydrogen-bond donors (Lipinski definition) is 1. The number of hydrogen-bond acceptors (Lipinski definition) is 4. The molecule has 1 N–H and O–H groups in total. The first-order valence-corrected chi connectivity index (χ1v) is 14.2. The molecule has 0 bridgehead atoms. The minimum atomic E-state index is -4.86. The van der Waals surface area contributed by atoms with E-state index in [1.165, 1.54) is 17.3 Å². The number of rotatable bonds is 9. The molecule has 7 nitrogen and oxygen atoms in total. The van der Waals surface area contributed by atoms with Gasteiger partial charge in [-0.3, -0.25) is 19.3 Å². The zero-order valence-corrected chi connectivity index (χ0v) is 24.3. The Morgan fingerprint density at radius 3 is 2.22 bits per heavy atom. The Bertz CT molecular complexity index is 1300. The van der Waals surface area contributed by atoms with E-state index in [-0.39, 0.29) is 38.6 Å². The van der Waals surface area contributed by atoms with Gasteiger partial charge in [0.25, 0.3) is 5.91 Å². The normalized spacial score (nSPS) is 24.3. The zero-order valence-electron chi connectivity index (χ0n) is 22.8. The fraction of sp³-hybridized carbons (Fsp3) is 0.517. The summed E-state index contributed by atoms with van der Waals surface area (Å²) in [5.41, 5.74) is -2.55. The molecule has 1 aliphatic heterocycles. The molecule has 0 aromatic carbocycles. The first-order valence-electron chi connectivity index (χ1n) is 13.4. The minimum Gasteiger partial charge on any atom is -0.481 e. The van der Waals surface area contributed by atoms with Crippen LogP contribution in [0.5, 0.6) is 0 Å². The minimum absolute atomic E-state index is 0.192. The molecule has 1 aliphatic carbocycles. The highest BCUT2D eigenvalue weighted by Gasteiger charge is 2.49. The Morgan fingerprint density at radius 1 is 1.12 bits per heavy atom. The Morgan fingerprint density at radius 2 is 1.71 bits per heavy atom. The van der Waals surface area contributed by atoms with Crippen molar-refractivity contribution < 1.29 is 27.9 Å². The summed E-state index contributed by atoms with van der Waals surface area (Å²) in [7, 11) is 0. The number of aromatic nitrogens is 3. The summed E-state index contributed by atoms with van der Waals surface area (Å²) < 4.78 is 44.6. The average molecular weight is 614 g/mol. The van der Waals surface area contributed by atoms with E-state index in [1.807, 2.05) is 0 Å². The largest absolute Gasteiger partial charge is 0.481 e. The van der Waals surface area contributed by atoms with Crippen LogP contribution in [0.2, 0.25) is 10.0 Å². The first-order chi connectivity index (χ1) is 19.2. The van der Waals surface area contributed by atoms with Crippen LogP contribution in [-0.2, 0) is 17.4 Å². The molecule has 1 saturated heterocycles. The number of aliphatic carboxylic acids is 1. The lowest BCUT2D eigenvalue weighted by atomic mass is 9.74. The van der Waals surface area contributed by atoms with Gasteiger partial charge in [0.05, 0.1) is 33.3 Å². The molecule has 4 rings (SSSR count). The summed E-state index contributed by atoms with van der Waals surface area (Å²) in [4.78, 5) is 31.1. The zero-order chi connectivity index (χ0) is 30.2. The average Bonchev–Trinajstić information content (AvgIpc) is 3.49. The van der Waals surface area contributed by atoms with Gasteiger partial charge in [0.15, 0.2) is 5.69 Å². The maximum atomic E-state index is 14.6. The van der Waals surface area contributed by atoms with Crippen LogP contribution in [0.1, 0.15) is 79.5 Å². The van der Waals surface area contributed by atoms with Crippen LogP contribution in [0.4, 0.5) is 13.2 Å². The topological polar surface area (TPSA) is 88.3 Å². The van der Waals surface area contributed by atoms with Gasteiger partial charge in [-0.25, -0.2) is 0 Å². The van der Waals surface area contributed by atoms with Crippen molar-refractivity contribution >= 4 is 35.1 Å². The highest BCUT2D eigenvalue weighted by atomic mass is 35.5. The fourth-order valence-corrected chi connectivity index (χ4v) is 6.90. The van der Waals surface area contributed by atoms with E-state index in [0.717, 1.165) is 10.9 Å². The van der Waals surface area contributed by atoms with Crippen LogP contribution in [0.15, 0.2) is 43.9 Å². The second-order valence-electron chi connectivity index (χ2n) is 11.5. The number of carboxylic acids is 1. The quantitative estimate of drug-likeness (QED) is 0.298. The summed E-state index contributed by atoms with van der Waals surface area (Å²) >= 11 is 12.8. The number of amides is 1. The number of alkyl halides is 3. The molecule has 1 atom stereocenters. The van der Waals surface area contributed by atoms with Gasteiger partial charge in [-0.1, -0.05) is 35.4 Å². The predicted molar refractivity (Wildman–Crippen MR) is 150 cm³/mol. The Kier molecular flexibility index (Phi) is 8.95. The lowest BCUT2D eigenvalue weighted by Crippen LogP contribution is -2.39. The third kappa shape index (κ3) is 6.18. The maximum Gasteiger partial charge on any atom is 0.433 e. The summed E-state index contributed by atoms with van der Waals surface area (Å²) in [5.74, 6) is -1.75. The Hall–Kier alpha value is -2.85. The highest BCUT2D eigenvalue weighted by Crippen LogP contribution is 2.46. The third-order valence-electron chi connectivity index (χ3n) is 8.64. The van der Waals surface area contributed by atoms with Crippen LogP contribution in [0.25, 0.3) is 0 Å². The number of carboxylic acid groups (broad SMARTS) is 1. The molecular formula is C29H33Cl2F3N4O3. The Labute approximate surface area is 247 Å². The lowest BCUT2D eigenvalue weighted by molar-refractivity contribution is -0.152. The van der Waals surface area contributed by atoms with Crippen LogP contribution in [0.3, 0.4) is 0 Å². The summed E-state index contributed by atoms with van der Waals surface area (Å²) in [6.45, 7) is 9.50. The first kappa shape index (κ1) is 31.1. The van der Waals surface area contributed by atoms with Crippen LogP contribution in [-0.4, -0.2) is 49.2 Å². The molecule has 2 aliphatic rings. The van der Waals surface area contributed by atoms with Gasteiger partial charge in [-0.15, -0.1) is 13.2 Å². The molecule has 41 heavy (non-hydrogen) atoms. The van der Waals surface area contributed by atoms with Gasteiger partial charge in [-0.05, 0) is 69.3 Å². The van der Waals surface area contributed by atoms with Gasteiger partial charge in [0, 0.05) is 25.0 Å². The van der Waals surface area contributed by atoms with Crippen LogP contribution in [0, 0.1) is 10.8 Å². The predicted octanol–water partition coefficient (Wildman–Crippen LogP) is 7.41. The molecule has 2 aromatic heterocycles. The van der Waals surface area contributed by atoms with Gasteiger partial charge in [0.2, 0.25) is 0 Å². The van der Waals surface area contributed by atoms with Crippen molar-refractivity contribution in [1.29, 1.82) is 0 Å².